The number of dihydropyridines is 1. The van der Waals surface area contributed by atoms with Gasteiger partial charge in [-0.25, -0.2) is 4.79 Å². The predicted octanol–water partition coefficient (Wildman–Crippen LogP) is 3.49. The van der Waals surface area contributed by atoms with Crippen molar-refractivity contribution in [1.82, 2.24) is 5.32 Å². The molecule has 1 N–H and O–H groups in total. The number of benzene rings is 1. The third-order valence-electron chi connectivity index (χ3n) is 4.95. The van der Waals surface area contributed by atoms with Gasteiger partial charge in [0.1, 0.15) is 6.54 Å². The van der Waals surface area contributed by atoms with E-state index in [1.807, 2.05) is 31.2 Å². The molecule has 1 aromatic rings. The molecular weight excluding hydrogens is 404 g/mol. The summed E-state index contributed by atoms with van der Waals surface area (Å²) in [6.45, 7) is 6.16. The number of ether oxygens (including phenoxy) is 3. The van der Waals surface area contributed by atoms with Gasteiger partial charge in [0.05, 0.1) is 58.8 Å². The van der Waals surface area contributed by atoms with Crippen LogP contribution in [0.15, 0.2) is 46.8 Å². The second kappa shape index (κ2) is 11.0. The lowest BCUT2D eigenvalue weighted by atomic mass is 9.80. The number of nitrogens with one attached hydrogen (secondary N) is 1. The van der Waals surface area contributed by atoms with Gasteiger partial charge in [0, 0.05) is 23.7 Å². The third-order valence-corrected chi connectivity index (χ3v) is 5.29. The van der Waals surface area contributed by atoms with Crippen molar-refractivity contribution in [2.45, 2.75) is 19.8 Å². The lowest BCUT2D eigenvalue weighted by Gasteiger charge is -2.33. The van der Waals surface area contributed by atoms with Crippen molar-refractivity contribution in [3.63, 3.8) is 0 Å². The highest BCUT2D eigenvalue weighted by molar-refractivity contribution is 6.31. The molecule has 0 spiro atoms. The number of halogens is 1. The first-order valence-electron chi connectivity index (χ1n) is 10.2. The molecule has 1 unspecified atom stereocenters. The largest absolute Gasteiger partial charge is 0.463 e. The monoisotopic (exact) mass is 437 g/mol. The number of hydrogen-bond acceptors (Lipinski definition) is 5. The van der Waals surface area contributed by atoms with Crippen molar-refractivity contribution >= 4 is 17.6 Å². The summed E-state index contributed by atoms with van der Waals surface area (Å²) in [7, 11) is 7.98. The standard InChI is InChI=1S/C23H33ClN2O4/c1-7-30-23(27)22-20(15-29-13-12-26(3,4)5)25-16(2)18(14-28-6)21(22)17-10-8-9-11-19(17)24/h8-11,21H,7,12-15H2,1-6H3/p+1. The summed E-state index contributed by atoms with van der Waals surface area (Å²) in [4.78, 5) is 13.1. The fourth-order valence-corrected chi connectivity index (χ4v) is 3.66. The maximum absolute atomic E-state index is 13.1. The van der Waals surface area contributed by atoms with Crippen LogP contribution in [0.1, 0.15) is 25.3 Å². The van der Waals surface area contributed by atoms with Crippen LogP contribution in [0.25, 0.3) is 0 Å². The number of likely N-dealkylation sites (N-methyl/N-ethyl adjacent to an activating group) is 1. The van der Waals surface area contributed by atoms with Crippen molar-refractivity contribution in [2.75, 3.05) is 61.2 Å². The van der Waals surface area contributed by atoms with Crippen LogP contribution in [0, 0.1) is 0 Å². The third kappa shape index (κ3) is 6.32. The number of carbonyl (C=O) groups excluding carboxylic acids is 1. The Morgan fingerprint density at radius 3 is 2.50 bits per heavy atom. The van der Waals surface area contributed by atoms with Crippen LogP contribution in [-0.4, -0.2) is 71.7 Å². The zero-order chi connectivity index (χ0) is 22.3. The van der Waals surface area contributed by atoms with Gasteiger partial charge in [0.25, 0.3) is 0 Å². The van der Waals surface area contributed by atoms with Crippen molar-refractivity contribution in [1.29, 1.82) is 0 Å². The van der Waals surface area contributed by atoms with Crippen molar-refractivity contribution in [2.24, 2.45) is 0 Å². The summed E-state index contributed by atoms with van der Waals surface area (Å²) in [5.74, 6) is -0.739. The SMILES string of the molecule is CCOC(=O)C1=C(COCC[N+](C)(C)C)NC(C)=C(COC)C1c1ccccc1Cl. The normalized spacial score (nSPS) is 17.2. The number of quaternary nitrogens is 1. The smallest absolute Gasteiger partial charge is 0.336 e. The number of methoxy groups -OCH3 is 1. The Morgan fingerprint density at radius 2 is 1.90 bits per heavy atom. The summed E-state index contributed by atoms with van der Waals surface area (Å²) < 4.78 is 17.6. The van der Waals surface area contributed by atoms with Crippen LogP contribution in [0.5, 0.6) is 0 Å². The molecule has 0 saturated carbocycles. The van der Waals surface area contributed by atoms with E-state index in [9.17, 15) is 4.79 Å². The van der Waals surface area contributed by atoms with E-state index in [1.165, 1.54) is 0 Å². The fourth-order valence-electron chi connectivity index (χ4n) is 3.41. The molecule has 7 heteroatoms. The van der Waals surface area contributed by atoms with Gasteiger partial charge in [0.2, 0.25) is 0 Å². The van der Waals surface area contributed by atoms with Gasteiger partial charge in [-0.3, -0.25) is 0 Å². The van der Waals surface area contributed by atoms with Crippen LogP contribution < -0.4 is 5.32 Å². The first-order valence-corrected chi connectivity index (χ1v) is 10.6. The molecule has 1 aromatic carbocycles. The molecule has 2 rings (SSSR count). The Hall–Kier alpha value is -1.86. The Balaban J connectivity index is 2.48. The Morgan fingerprint density at radius 1 is 1.20 bits per heavy atom. The summed E-state index contributed by atoms with van der Waals surface area (Å²) in [6.07, 6.45) is 0. The minimum absolute atomic E-state index is 0.284. The number of nitrogens with zero attached hydrogens (tertiary/aromatic N) is 1. The molecular formula is C23H34ClN2O4+. The molecule has 6 nitrogen and oxygen atoms in total. The number of rotatable bonds is 10. The van der Waals surface area contributed by atoms with Gasteiger partial charge >= 0.3 is 5.97 Å². The van der Waals surface area contributed by atoms with Crippen LogP contribution in [0.2, 0.25) is 5.02 Å². The molecule has 0 bridgehead atoms. The molecule has 0 radical (unpaired) electrons. The number of carbonyl (C=O) groups is 1. The van der Waals surface area contributed by atoms with E-state index in [-0.39, 0.29) is 25.1 Å². The van der Waals surface area contributed by atoms with E-state index in [0.717, 1.165) is 27.9 Å². The lowest BCUT2D eigenvalue weighted by Crippen LogP contribution is -2.38. The van der Waals surface area contributed by atoms with Gasteiger partial charge in [-0.1, -0.05) is 29.8 Å². The maximum atomic E-state index is 13.1. The Kier molecular flexibility index (Phi) is 8.92. The molecule has 0 saturated heterocycles. The van der Waals surface area contributed by atoms with E-state index in [4.69, 9.17) is 25.8 Å². The van der Waals surface area contributed by atoms with E-state index in [1.54, 1.807) is 14.0 Å². The predicted molar refractivity (Wildman–Crippen MR) is 119 cm³/mol. The minimum Gasteiger partial charge on any atom is -0.463 e. The molecule has 166 valence electrons. The number of esters is 1. The van der Waals surface area contributed by atoms with Crippen LogP contribution in [-0.2, 0) is 19.0 Å². The number of allylic oxidation sites excluding steroid dienone is 1. The first-order chi connectivity index (χ1) is 14.2. The van der Waals surface area contributed by atoms with E-state index in [0.29, 0.717) is 29.5 Å². The van der Waals surface area contributed by atoms with E-state index in [2.05, 4.69) is 26.5 Å². The fraction of sp³-hybridized carbons (Fsp3) is 0.522. The number of hydrogen-bond donors (Lipinski definition) is 1. The van der Waals surface area contributed by atoms with Crippen molar-refractivity contribution in [3.8, 4) is 0 Å². The summed E-state index contributed by atoms with van der Waals surface area (Å²) in [6, 6.07) is 7.57. The van der Waals surface area contributed by atoms with Gasteiger partial charge < -0.3 is 24.0 Å². The molecule has 1 heterocycles. The van der Waals surface area contributed by atoms with Gasteiger partial charge in [-0.15, -0.1) is 0 Å². The van der Waals surface area contributed by atoms with Crippen LogP contribution in [0.3, 0.4) is 0 Å². The highest BCUT2D eigenvalue weighted by Crippen LogP contribution is 2.41. The maximum Gasteiger partial charge on any atom is 0.336 e. The summed E-state index contributed by atoms with van der Waals surface area (Å²) in [5.41, 5.74) is 3.95. The van der Waals surface area contributed by atoms with Gasteiger partial charge in [0.15, 0.2) is 0 Å². The molecule has 1 aliphatic heterocycles. The molecule has 30 heavy (non-hydrogen) atoms. The van der Waals surface area contributed by atoms with E-state index >= 15 is 0 Å². The molecule has 0 amide bonds. The first kappa shape index (κ1) is 24.4. The average molecular weight is 438 g/mol. The Bertz CT molecular complexity index is 812. The average Bonchev–Trinajstić information content (AvgIpc) is 2.67. The second-order valence-electron chi connectivity index (χ2n) is 8.34. The topological polar surface area (TPSA) is 56.8 Å². The summed E-state index contributed by atoms with van der Waals surface area (Å²) in [5, 5.41) is 3.96. The zero-order valence-corrected chi connectivity index (χ0v) is 19.6. The Labute approximate surface area is 185 Å². The second-order valence-corrected chi connectivity index (χ2v) is 8.75. The zero-order valence-electron chi connectivity index (χ0n) is 18.9. The van der Waals surface area contributed by atoms with Crippen LogP contribution >= 0.6 is 11.6 Å². The van der Waals surface area contributed by atoms with Gasteiger partial charge in [-0.2, -0.15) is 0 Å². The quantitative estimate of drug-likeness (QED) is 0.345. The molecule has 0 fully saturated rings. The molecule has 1 aliphatic rings. The lowest BCUT2D eigenvalue weighted by molar-refractivity contribution is -0.870. The van der Waals surface area contributed by atoms with Gasteiger partial charge in [-0.05, 0) is 31.1 Å². The van der Waals surface area contributed by atoms with Crippen molar-refractivity contribution in [3.05, 3.63) is 57.4 Å². The van der Waals surface area contributed by atoms with E-state index < -0.39 is 0 Å². The summed E-state index contributed by atoms with van der Waals surface area (Å²) >= 11 is 6.55. The molecule has 1 atom stereocenters. The van der Waals surface area contributed by atoms with Crippen molar-refractivity contribution < 1.29 is 23.5 Å². The highest BCUT2D eigenvalue weighted by Gasteiger charge is 2.36. The minimum atomic E-state index is -0.374. The molecule has 0 aromatic heterocycles. The highest BCUT2D eigenvalue weighted by atomic mass is 35.5. The molecule has 0 aliphatic carbocycles. The van der Waals surface area contributed by atoms with Crippen LogP contribution in [0.4, 0.5) is 0 Å².